The first-order valence-electron chi connectivity index (χ1n) is 5.64. The first kappa shape index (κ1) is 11.2. The monoisotopic (exact) mass is 258 g/mol. The Bertz CT molecular complexity index is 786. The Morgan fingerprint density at radius 1 is 1.11 bits per heavy atom. The largest absolute Gasteiger partial charge is 0.330 e. The average molecular weight is 258 g/mol. The van der Waals surface area contributed by atoms with Gasteiger partial charge in [-0.25, -0.2) is 4.39 Å². The molecule has 4 heteroatoms. The molecule has 0 aliphatic heterocycles. The lowest BCUT2D eigenvalue weighted by Crippen LogP contribution is -1.97. The van der Waals surface area contributed by atoms with Gasteiger partial charge < -0.3 is 4.98 Å². The van der Waals surface area contributed by atoms with Gasteiger partial charge in [-0.15, -0.1) is 0 Å². The Balaban J connectivity index is 2.44. The van der Waals surface area contributed by atoms with E-state index in [0.717, 1.165) is 16.6 Å². The fraction of sp³-hybridized carbons (Fsp3) is 0.0714. The maximum atomic E-state index is 13.9. The van der Waals surface area contributed by atoms with E-state index in [4.69, 9.17) is 12.2 Å². The van der Waals surface area contributed by atoms with Crippen molar-refractivity contribution in [3.63, 3.8) is 0 Å². The van der Waals surface area contributed by atoms with E-state index < -0.39 is 0 Å². The van der Waals surface area contributed by atoms with Crippen molar-refractivity contribution < 1.29 is 4.39 Å². The van der Waals surface area contributed by atoms with Crippen molar-refractivity contribution in [1.82, 2.24) is 9.55 Å². The fourth-order valence-corrected chi connectivity index (χ4v) is 2.44. The van der Waals surface area contributed by atoms with Crippen LogP contribution in [0.4, 0.5) is 4.39 Å². The van der Waals surface area contributed by atoms with Gasteiger partial charge in [-0.05, 0) is 42.9 Å². The smallest absolute Gasteiger partial charge is 0.182 e. The summed E-state index contributed by atoms with van der Waals surface area (Å²) in [6.45, 7) is 2.00. The van der Waals surface area contributed by atoms with Crippen molar-refractivity contribution in [2.75, 3.05) is 0 Å². The van der Waals surface area contributed by atoms with Gasteiger partial charge in [0, 0.05) is 0 Å². The third kappa shape index (κ3) is 1.57. The molecule has 3 rings (SSSR count). The molecule has 1 N–H and O–H groups in total. The van der Waals surface area contributed by atoms with Gasteiger partial charge in [0.1, 0.15) is 5.82 Å². The highest BCUT2D eigenvalue weighted by molar-refractivity contribution is 7.71. The first-order valence-corrected chi connectivity index (χ1v) is 6.04. The lowest BCUT2D eigenvalue weighted by molar-refractivity contribution is 0.619. The second-order valence-electron chi connectivity index (χ2n) is 4.19. The number of aryl methyl sites for hydroxylation is 1. The Morgan fingerprint density at radius 3 is 2.67 bits per heavy atom. The van der Waals surface area contributed by atoms with Crippen LogP contribution < -0.4 is 0 Å². The molecular formula is C14H11FN2S. The number of para-hydroxylation sites is 2. The zero-order chi connectivity index (χ0) is 12.7. The molecule has 0 fully saturated rings. The van der Waals surface area contributed by atoms with Gasteiger partial charge in [-0.1, -0.05) is 24.3 Å². The number of aromatic nitrogens is 2. The third-order valence-corrected chi connectivity index (χ3v) is 3.30. The van der Waals surface area contributed by atoms with Gasteiger partial charge in [-0.3, -0.25) is 4.57 Å². The summed E-state index contributed by atoms with van der Waals surface area (Å²) in [5.41, 5.74) is 3.41. The van der Waals surface area contributed by atoms with Crippen molar-refractivity contribution in [1.29, 1.82) is 0 Å². The fourth-order valence-electron chi connectivity index (χ4n) is 2.15. The third-order valence-electron chi connectivity index (χ3n) is 3.02. The summed E-state index contributed by atoms with van der Waals surface area (Å²) >= 11 is 5.29. The second-order valence-corrected chi connectivity index (χ2v) is 4.57. The minimum absolute atomic E-state index is 0.281. The van der Waals surface area contributed by atoms with Crippen LogP contribution in [0.25, 0.3) is 16.7 Å². The van der Waals surface area contributed by atoms with Gasteiger partial charge in [0.2, 0.25) is 0 Å². The predicted octanol–water partition coefficient (Wildman–Crippen LogP) is 4.14. The summed E-state index contributed by atoms with van der Waals surface area (Å²) in [6.07, 6.45) is 0. The molecule has 90 valence electrons. The van der Waals surface area contributed by atoms with Crippen molar-refractivity contribution in [3.8, 4) is 5.69 Å². The van der Waals surface area contributed by atoms with Crippen molar-refractivity contribution in [3.05, 3.63) is 58.6 Å². The van der Waals surface area contributed by atoms with Crippen LogP contribution in [-0.4, -0.2) is 9.55 Å². The second kappa shape index (κ2) is 4.07. The Kier molecular flexibility index (Phi) is 2.52. The maximum absolute atomic E-state index is 13.9. The molecule has 0 bridgehead atoms. The number of hydrogen-bond donors (Lipinski definition) is 1. The Hall–Kier alpha value is -1.94. The zero-order valence-electron chi connectivity index (χ0n) is 9.77. The summed E-state index contributed by atoms with van der Waals surface area (Å²) in [5.74, 6) is -0.281. The molecule has 3 aromatic rings. The molecule has 0 saturated heterocycles. The van der Waals surface area contributed by atoms with E-state index in [0.29, 0.717) is 10.5 Å². The van der Waals surface area contributed by atoms with Crippen LogP contribution in [0.15, 0.2) is 42.5 Å². The summed E-state index contributed by atoms with van der Waals surface area (Å²) in [6, 6.07) is 12.5. The summed E-state index contributed by atoms with van der Waals surface area (Å²) in [4.78, 5) is 3.13. The number of nitrogens with zero attached hydrogens (tertiary/aromatic N) is 1. The Labute approximate surface area is 109 Å². The van der Waals surface area contributed by atoms with E-state index in [-0.39, 0.29) is 5.82 Å². The van der Waals surface area contributed by atoms with Crippen molar-refractivity contribution in [2.24, 2.45) is 0 Å². The van der Waals surface area contributed by atoms with E-state index in [1.165, 1.54) is 6.07 Å². The molecule has 1 heterocycles. The van der Waals surface area contributed by atoms with Crippen LogP contribution in [-0.2, 0) is 0 Å². The lowest BCUT2D eigenvalue weighted by atomic mass is 10.2. The highest BCUT2D eigenvalue weighted by Gasteiger charge is 2.10. The van der Waals surface area contributed by atoms with Crippen LogP contribution in [0.5, 0.6) is 0 Å². The number of rotatable bonds is 1. The molecule has 0 amide bonds. The van der Waals surface area contributed by atoms with Crippen LogP contribution in [0.1, 0.15) is 5.56 Å². The summed E-state index contributed by atoms with van der Waals surface area (Å²) in [5, 5.41) is 0. The number of H-pyrrole nitrogens is 1. The van der Waals surface area contributed by atoms with Crippen molar-refractivity contribution in [2.45, 2.75) is 6.92 Å². The van der Waals surface area contributed by atoms with Gasteiger partial charge in [-0.2, -0.15) is 0 Å². The number of imidazole rings is 1. The average Bonchev–Trinajstić information content (AvgIpc) is 2.68. The maximum Gasteiger partial charge on any atom is 0.182 e. The molecule has 0 unspecified atom stereocenters. The van der Waals surface area contributed by atoms with Gasteiger partial charge in [0.15, 0.2) is 4.77 Å². The molecule has 0 aliphatic rings. The molecular weight excluding hydrogens is 247 g/mol. The SMILES string of the molecule is Cc1cccc2c1[nH]c(=S)n2-c1ccccc1F. The molecule has 0 aliphatic carbocycles. The minimum atomic E-state index is -0.281. The van der Waals surface area contributed by atoms with Crippen LogP contribution in [0.3, 0.4) is 0 Å². The molecule has 1 aromatic heterocycles. The highest BCUT2D eigenvalue weighted by Crippen LogP contribution is 2.23. The highest BCUT2D eigenvalue weighted by atomic mass is 32.1. The van der Waals surface area contributed by atoms with Crippen LogP contribution >= 0.6 is 12.2 Å². The zero-order valence-corrected chi connectivity index (χ0v) is 10.6. The molecule has 0 saturated carbocycles. The molecule has 0 radical (unpaired) electrons. The lowest BCUT2D eigenvalue weighted by Gasteiger charge is -2.05. The van der Waals surface area contributed by atoms with E-state index in [1.54, 1.807) is 22.8 Å². The molecule has 0 atom stereocenters. The number of fused-ring (bicyclic) bond motifs is 1. The van der Waals surface area contributed by atoms with Crippen LogP contribution in [0, 0.1) is 17.5 Å². The van der Waals surface area contributed by atoms with E-state index in [1.807, 2.05) is 25.1 Å². The number of nitrogens with one attached hydrogen (secondary N) is 1. The van der Waals surface area contributed by atoms with E-state index >= 15 is 0 Å². The number of halogens is 1. The summed E-state index contributed by atoms with van der Waals surface area (Å²) < 4.78 is 16.1. The van der Waals surface area contributed by atoms with Crippen molar-refractivity contribution >= 4 is 23.3 Å². The standard InChI is InChI=1S/C14H11FN2S/c1-9-5-4-8-12-13(9)16-14(18)17(12)11-7-3-2-6-10(11)15/h2-8H,1H3,(H,16,18). The molecule has 18 heavy (non-hydrogen) atoms. The quantitative estimate of drug-likeness (QED) is 0.651. The number of hydrogen-bond acceptors (Lipinski definition) is 1. The Morgan fingerprint density at radius 2 is 1.89 bits per heavy atom. The van der Waals surface area contributed by atoms with E-state index in [9.17, 15) is 4.39 Å². The number of aromatic amines is 1. The first-order chi connectivity index (χ1) is 8.68. The number of benzene rings is 2. The summed E-state index contributed by atoms with van der Waals surface area (Å²) in [7, 11) is 0. The van der Waals surface area contributed by atoms with Gasteiger partial charge in [0.05, 0.1) is 16.7 Å². The molecule has 2 aromatic carbocycles. The van der Waals surface area contributed by atoms with Gasteiger partial charge >= 0.3 is 0 Å². The minimum Gasteiger partial charge on any atom is -0.330 e. The normalized spacial score (nSPS) is 11.0. The van der Waals surface area contributed by atoms with E-state index in [2.05, 4.69) is 4.98 Å². The van der Waals surface area contributed by atoms with Crippen LogP contribution in [0.2, 0.25) is 0 Å². The molecule has 0 spiro atoms. The molecule has 2 nitrogen and oxygen atoms in total. The van der Waals surface area contributed by atoms with Gasteiger partial charge in [0.25, 0.3) is 0 Å². The topological polar surface area (TPSA) is 20.7 Å². The predicted molar refractivity (Wildman–Crippen MR) is 73.2 cm³/mol.